The lowest BCUT2D eigenvalue weighted by molar-refractivity contribution is 0.103. The second-order valence-corrected chi connectivity index (χ2v) is 11.1. The summed E-state index contributed by atoms with van der Waals surface area (Å²) in [6, 6.07) is 30.7. The minimum absolute atomic E-state index is 0.0443. The number of rotatable bonds is 6. The topological polar surface area (TPSA) is 35.5 Å². The van der Waals surface area contributed by atoms with Crippen molar-refractivity contribution < 1.29 is 14.3 Å². The molecule has 0 heterocycles. The summed E-state index contributed by atoms with van der Waals surface area (Å²) >= 11 is 0. The zero-order valence-corrected chi connectivity index (χ0v) is 22.0. The van der Waals surface area contributed by atoms with Crippen molar-refractivity contribution in [1.82, 2.24) is 0 Å². The Kier molecular flexibility index (Phi) is 7.03. The third-order valence-corrected chi connectivity index (χ3v) is 6.15. The predicted molar refractivity (Wildman–Crippen MR) is 147 cm³/mol. The summed E-state index contributed by atoms with van der Waals surface area (Å²) in [5.74, 6) is 2.88. The van der Waals surface area contributed by atoms with Crippen molar-refractivity contribution in [2.75, 3.05) is 0 Å². The zero-order valence-electron chi connectivity index (χ0n) is 22.0. The summed E-state index contributed by atoms with van der Waals surface area (Å²) in [5.41, 5.74) is 3.93. The summed E-state index contributed by atoms with van der Waals surface area (Å²) < 4.78 is 11.9. The van der Waals surface area contributed by atoms with Gasteiger partial charge in [0.15, 0.2) is 5.78 Å². The molecule has 36 heavy (non-hydrogen) atoms. The molecule has 3 nitrogen and oxygen atoms in total. The van der Waals surface area contributed by atoms with Crippen LogP contribution in [0, 0.1) is 0 Å². The van der Waals surface area contributed by atoms with E-state index in [4.69, 9.17) is 9.47 Å². The van der Waals surface area contributed by atoms with Crippen LogP contribution in [0.15, 0.2) is 97.1 Å². The molecular formula is C33H34O3. The smallest absolute Gasteiger partial charge is 0.193 e. The van der Waals surface area contributed by atoms with Gasteiger partial charge < -0.3 is 9.47 Å². The first kappa shape index (κ1) is 25.2. The molecule has 4 aromatic carbocycles. The largest absolute Gasteiger partial charge is 0.457 e. The molecule has 0 spiro atoms. The molecular weight excluding hydrogens is 444 g/mol. The number of ether oxygens (including phenoxy) is 2. The lowest BCUT2D eigenvalue weighted by Crippen LogP contribution is -2.10. The Morgan fingerprint density at radius 2 is 0.694 bits per heavy atom. The molecule has 0 aliphatic rings. The normalized spacial score (nSPS) is 11.7. The number of ketones is 1. The highest BCUT2D eigenvalue weighted by molar-refractivity contribution is 6.09. The number of hydrogen-bond acceptors (Lipinski definition) is 3. The van der Waals surface area contributed by atoms with Crippen LogP contribution in [-0.2, 0) is 10.8 Å². The molecule has 0 radical (unpaired) electrons. The number of carbonyl (C=O) groups is 1. The van der Waals surface area contributed by atoms with Gasteiger partial charge in [-0.05, 0) is 94.8 Å². The van der Waals surface area contributed by atoms with E-state index in [-0.39, 0.29) is 16.6 Å². The van der Waals surface area contributed by atoms with Crippen LogP contribution in [0.4, 0.5) is 0 Å². The standard InChI is InChI=1S/C33H34O3/c1-32(2,3)25-11-19-29(20-12-25)35-27-15-7-23(8-16-27)31(34)24-9-17-28(18-10-24)36-30-21-13-26(14-22-30)33(4,5)6/h7-22H,1-6H3. The van der Waals surface area contributed by atoms with Gasteiger partial charge in [-0.25, -0.2) is 0 Å². The third-order valence-electron chi connectivity index (χ3n) is 6.15. The molecule has 3 heteroatoms. The summed E-state index contributed by atoms with van der Waals surface area (Å²) in [6.45, 7) is 13.1. The Morgan fingerprint density at radius 1 is 0.444 bits per heavy atom. The highest BCUT2D eigenvalue weighted by Crippen LogP contribution is 2.29. The molecule has 0 bridgehead atoms. The Bertz CT molecular complexity index is 1200. The summed E-state index contributed by atoms with van der Waals surface area (Å²) in [4.78, 5) is 13.0. The van der Waals surface area contributed by atoms with E-state index in [0.717, 1.165) is 11.5 Å². The van der Waals surface area contributed by atoms with Crippen LogP contribution in [0.25, 0.3) is 0 Å². The summed E-state index contributed by atoms with van der Waals surface area (Å²) in [5, 5.41) is 0. The third kappa shape index (κ3) is 6.23. The van der Waals surface area contributed by atoms with Gasteiger partial charge in [-0.2, -0.15) is 0 Å². The molecule has 0 aromatic heterocycles. The molecule has 0 amide bonds. The van der Waals surface area contributed by atoms with Gasteiger partial charge >= 0.3 is 0 Å². The SMILES string of the molecule is CC(C)(C)c1ccc(Oc2ccc(C(=O)c3ccc(Oc4ccc(C(C)(C)C)cc4)cc3)cc2)cc1. The first-order valence-corrected chi connectivity index (χ1v) is 12.3. The quantitative estimate of drug-likeness (QED) is 0.259. The van der Waals surface area contributed by atoms with Crippen molar-refractivity contribution in [3.05, 3.63) is 119 Å². The Labute approximate surface area is 214 Å². The molecule has 0 aliphatic carbocycles. The minimum atomic E-state index is -0.0443. The first-order valence-electron chi connectivity index (χ1n) is 12.3. The van der Waals surface area contributed by atoms with Crippen LogP contribution in [0.5, 0.6) is 23.0 Å². The average Bonchev–Trinajstić information content (AvgIpc) is 2.84. The monoisotopic (exact) mass is 478 g/mol. The second-order valence-electron chi connectivity index (χ2n) is 11.1. The molecule has 0 aliphatic heterocycles. The molecule has 184 valence electrons. The maximum atomic E-state index is 13.0. The van der Waals surface area contributed by atoms with Crippen LogP contribution in [0.2, 0.25) is 0 Å². The van der Waals surface area contributed by atoms with E-state index in [0.29, 0.717) is 22.6 Å². The molecule has 0 N–H and O–H groups in total. The van der Waals surface area contributed by atoms with Crippen LogP contribution in [-0.4, -0.2) is 5.78 Å². The summed E-state index contributed by atoms with van der Waals surface area (Å²) in [7, 11) is 0. The second kappa shape index (κ2) is 10.0. The first-order chi connectivity index (χ1) is 17.0. The van der Waals surface area contributed by atoms with E-state index in [1.807, 2.05) is 48.5 Å². The predicted octanol–water partition coefficient (Wildman–Crippen LogP) is 9.10. The van der Waals surface area contributed by atoms with E-state index in [2.05, 4.69) is 65.8 Å². The molecule has 4 aromatic rings. The molecule has 0 atom stereocenters. The van der Waals surface area contributed by atoms with Crippen molar-refractivity contribution in [2.24, 2.45) is 0 Å². The van der Waals surface area contributed by atoms with Crippen LogP contribution in [0.1, 0.15) is 68.6 Å². The average molecular weight is 479 g/mol. The van der Waals surface area contributed by atoms with Gasteiger partial charge in [0.25, 0.3) is 0 Å². The Balaban J connectivity index is 1.38. The molecule has 4 rings (SSSR count). The fraction of sp³-hybridized carbons (Fsp3) is 0.242. The van der Waals surface area contributed by atoms with E-state index >= 15 is 0 Å². The number of benzene rings is 4. The van der Waals surface area contributed by atoms with Gasteiger partial charge in [0.1, 0.15) is 23.0 Å². The van der Waals surface area contributed by atoms with Gasteiger partial charge in [0.05, 0.1) is 0 Å². The van der Waals surface area contributed by atoms with E-state index < -0.39 is 0 Å². The Hall–Kier alpha value is -3.85. The van der Waals surface area contributed by atoms with Crippen molar-refractivity contribution in [3.8, 4) is 23.0 Å². The lowest BCUT2D eigenvalue weighted by atomic mass is 9.87. The fourth-order valence-electron chi connectivity index (χ4n) is 3.83. The van der Waals surface area contributed by atoms with E-state index in [1.165, 1.54) is 11.1 Å². The highest BCUT2D eigenvalue weighted by atomic mass is 16.5. The van der Waals surface area contributed by atoms with Gasteiger partial charge in [0, 0.05) is 11.1 Å². The fourth-order valence-corrected chi connectivity index (χ4v) is 3.83. The molecule has 0 saturated carbocycles. The van der Waals surface area contributed by atoms with Crippen molar-refractivity contribution in [3.63, 3.8) is 0 Å². The van der Waals surface area contributed by atoms with Crippen molar-refractivity contribution >= 4 is 5.78 Å². The lowest BCUT2D eigenvalue weighted by Gasteiger charge is -2.19. The maximum absolute atomic E-state index is 13.0. The number of carbonyl (C=O) groups excluding carboxylic acids is 1. The van der Waals surface area contributed by atoms with Gasteiger partial charge in [-0.1, -0.05) is 65.8 Å². The minimum Gasteiger partial charge on any atom is -0.457 e. The Morgan fingerprint density at radius 3 is 0.944 bits per heavy atom. The van der Waals surface area contributed by atoms with Crippen molar-refractivity contribution in [2.45, 2.75) is 52.4 Å². The van der Waals surface area contributed by atoms with Gasteiger partial charge in [-0.3, -0.25) is 4.79 Å². The summed E-state index contributed by atoms with van der Waals surface area (Å²) in [6.07, 6.45) is 0. The van der Waals surface area contributed by atoms with Crippen molar-refractivity contribution in [1.29, 1.82) is 0 Å². The van der Waals surface area contributed by atoms with Gasteiger partial charge in [0.2, 0.25) is 0 Å². The zero-order chi connectivity index (χ0) is 25.9. The highest BCUT2D eigenvalue weighted by Gasteiger charge is 2.15. The van der Waals surface area contributed by atoms with E-state index in [1.54, 1.807) is 24.3 Å². The van der Waals surface area contributed by atoms with Gasteiger partial charge in [-0.15, -0.1) is 0 Å². The van der Waals surface area contributed by atoms with E-state index in [9.17, 15) is 4.79 Å². The van der Waals surface area contributed by atoms with Crippen LogP contribution in [0.3, 0.4) is 0 Å². The number of hydrogen-bond donors (Lipinski definition) is 0. The molecule has 0 fully saturated rings. The maximum Gasteiger partial charge on any atom is 0.193 e. The van der Waals surface area contributed by atoms with Crippen LogP contribution < -0.4 is 9.47 Å². The molecule has 0 unspecified atom stereocenters. The molecule has 0 saturated heterocycles. The van der Waals surface area contributed by atoms with Crippen LogP contribution >= 0.6 is 0 Å².